The average molecular weight is 421 g/mol. The normalized spacial score (nSPS) is 22.6. The first kappa shape index (κ1) is 22.3. The number of para-hydroxylation sites is 1. The molecule has 6 heteroatoms. The molecular weight excluding hydrogens is 391 g/mol. The molecule has 1 aromatic carbocycles. The minimum Gasteiger partial charge on any atom is -0.359 e. The molecule has 2 amide bonds. The van der Waals surface area contributed by atoms with Gasteiger partial charge >= 0.3 is 0 Å². The van der Waals surface area contributed by atoms with Gasteiger partial charge in [-0.3, -0.25) is 9.59 Å². The number of quaternary nitrogens is 1. The van der Waals surface area contributed by atoms with E-state index in [4.69, 9.17) is 0 Å². The van der Waals surface area contributed by atoms with Crippen LogP contribution in [-0.4, -0.2) is 49.5 Å². The smallest absolute Gasteiger partial charge is 0.279 e. The monoisotopic (exact) mass is 421 g/mol. The SMILES string of the molecule is CC[N+]1(CC(=O)Nc2c(C)cccc2C)CCCC(C(=O)NC)C1.[Y]. The number of likely N-dealkylation sites (N-methyl/N-ethyl adjacent to an activating group) is 1. The maximum Gasteiger partial charge on any atom is 0.279 e. The van der Waals surface area contributed by atoms with Gasteiger partial charge in [0.2, 0.25) is 5.91 Å². The molecule has 0 bridgehead atoms. The summed E-state index contributed by atoms with van der Waals surface area (Å²) in [5.41, 5.74) is 3.07. The van der Waals surface area contributed by atoms with Gasteiger partial charge in [-0.1, -0.05) is 18.2 Å². The summed E-state index contributed by atoms with van der Waals surface area (Å²) in [6, 6.07) is 6.02. The standard InChI is InChI=1S/C19H29N3O2.Y/c1-5-22(11-7-10-16(12-22)19(24)20-4)13-17(23)21-18-14(2)8-6-9-15(18)3;/h6,8-9,16H,5,7,10-13H2,1-4H3,(H-,20,21,23,24);/p+1. The number of piperidine rings is 1. The van der Waals surface area contributed by atoms with Crippen LogP contribution in [0.25, 0.3) is 0 Å². The Morgan fingerprint density at radius 3 is 2.44 bits per heavy atom. The second-order valence-electron chi connectivity index (χ2n) is 6.99. The largest absolute Gasteiger partial charge is 0.359 e. The van der Waals surface area contributed by atoms with Crippen LogP contribution in [0, 0.1) is 19.8 Å². The molecule has 1 aromatic rings. The Hall–Kier alpha value is -0.776. The van der Waals surface area contributed by atoms with Crippen LogP contribution in [0.4, 0.5) is 5.69 Å². The van der Waals surface area contributed by atoms with E-state index in [1.54, 1.807) is 7.05 Å². The number of amides is 2. The van der Waals surface area contributed by atoms with Gasteiger partial charge in [0.05, 0.1) is 25.6 Å². The first-order valence-electron chi connectivity index (χ1n) is 8.83. The zero-order valence-electron chi connectivity index (χ0n) is 15.9. The number of hydrogen-bond donors (Lipinski definition) is 2. The number of carbonyl (C=O) groups excluding carboxylic acids is 2. The van der Waals surface area contributed by atoms with Crippen LogP contribution >= 0.6 is 0 Å². The molecular formula is C19H30N3O2Y+. The Morgan fingerprint density at radius 1 is 1.24 bits per heavy atom. The zero-order chi connectivity index (χ0) is 17.7. The molecule has 1 heterocycles. The maximum atomic E-state index is 12.7. The third-order valence-corrected chi connectivity index (χ3v) is 5.31. The molecule has 2 N–H and O–H groups in total. The molecule has 1 fully saturated rings. The van der Waals surface area contributed by atoms with E-state index in [-0.39, 0.29) is 50.4 Å². The summed E-state index contributed by atoms with van der Waals surface area (Å²) in [6.07, 6.45) is 1.90. The van der Waals surface area contributed by atoms with Gasteiger partial charge in [-0.15, -0.1) is 0 Å². The molecule has 1 aliphatic rings. The average Bonchev–Trinajstić information content (AvgIpc) is 2.57. The first-order valence-corrected chi connectivity index (χ1v) is 8.83. The first-order chi connectivity index (χ1) is 11.4. The molecule has 1 saturated heterocycles. The van der Waals surface area contributed by atoms with Crippen molar-refractivity contribution in [2.45, 2.75) is 33.6 Å². The number of anilines is 1. The molecule has 1 radical (unpaired) electrons. The topological polar surface area (TPSA) is 58.2 Å². The summed E-state index contributed by atoms with van der Waals surface area (Å²) < 4.78 is 0.689. The summed E-state index contributed by atoms with van der Waals surface area (Å²) in [7, 11) is 1.69. The fourth-order valence-corrected chi connectivity index (χ4v) is 3.78. The molecule has 0 aromatic heterocycles. The van der Waals surface area contributed by atoms with Crippen molar-refractivity contribution >= 4 is 17.5 Å². The third-order valence-electron chi connectivity index (χ3n) is 5.31. The summed E-state index contributed by atoms with van der Waals surface area (Å²) >= 11 is 0. The summed E-state index contributed by atoms with van der Waals surface area (Å²) in [5.74, 6) is 0.143. The molecule has 25 heavy (non-hydrogen) atoms. The summed E-state index contributed by atoms with van der Waals surface area (Å²) in [4.78, 5) is 24.7. The van der Waals surface area contributed by atoms with Crippen molar-refractivity contribution in [2.24, 2.45) is 5.92 Å². The van der Waals surface area contributed by atoms with Crippen molar-refractivity contribution in [3.05, 3.63) is 29.3 Å². The van der Waals surface area contributed by atoms with Gasteiger partial charge in [0, 0.05) is 45.4 Å². The van der Waals surface area contributed by atoms with Crippen LogP contribution in [0.3, 0.4) is 0 Å². The molecule has 2 rings (SSSR count). The van der Waals surface area contributed by atoms with Crippen LogP contribution in [-0.2, 0) is 42.3 Å². The van der Waals surface area contributed by atoms with Crippen molar-refractivity contribution in [1.82, 2.24) is 5.32 Å². The molecule has 2 unspecified atom stereocenters. The van der Waals surface area contributed by atoms with E-state index in [2.05, 4.69) is 17.6 Å². The number of aryl methyl sites for hydroxylation is 2. The summed E-state index contributed by atoms with van der Waals surface area (Å²) in [6.45, 7) is 9.13. The van der Waals surface area contributed by atoms with E-state index >= 15 is 0 Å². The number of rotatable bonds is 5. The van der Waals surface area contributed by atoms with Crippen molar-refractivity contribution < 1.29 is 46.8 Å². The van der Waals surface area contributed by atoms with Crippen LogP contribution in [0.15, 0.2) is 18.2 Å². The number of nitrogens with zero attached hydrogens (tertiary/aromatic N) is 1. The Morgan fingerprint density at radius 2 is 1.88 bits per heavy atom. The number of carbonyl (C=O) groups is 2. The molecule has 0 saturated carbocycles. The predicted octanol–water partition coefficient (Wildman–Crippen LogP) is 2.23. The quantitative estimate of drug-likeness (QED) is 0.717. The number of likely N-dealkylation sites (tertiary alicyclic amines) is 1. The summed E-state index contributed by atoms with van der Waals surface area (Å²) in [5, 5.41) is 5.84. The number of hydrogen-bond acceptors (Lipinski definition) is 2. The van der Waals surface area contributed by atoms with E-state index < -0.39 is 0 Å². The second kappa shape index (κ2) is 9.79. The Bertz CT molecular complexity index is 600. The van der Waals surface area contributed by atoms with Gasteiger partial charge in [-0.25, -0.2) is 0 Å². The predicted molar refractivity (Wildman–Crippen MR) is 96.7 cm³/mol. The van der Waals surface area contributed by atoms with Crippen molar-refractivity contribution in [3.63, 3.8) is 0 Å². The van der Waals surface area contributed by atoms with Crippen LogP contribution in [0.5, 0.6) is 0 Å². The van der Waals surface area contributed by atoms with E-state index in [9.17, 15) is 9.59 Å². The number of benzene rings is 1. The van der Waals surface area contributed by atoms with Gasteiger partial charge in [-0.05, 0) is 44.7 Å². The molecule has 5 nitrogen and oxygen atoms in total. The fraction of sp³-hybridized carbons (Fsp3) is 0.579. The third kappa shape index (κ3) is 5.60. The molecule has 135 valence electrons. The van der Waals surface area contributed by atoms with E-state index in [0.29, 0.717) is 11.0 Å². The maximum absolute atomic E-state index is 12.7. The zero-order valence-corrected chi connectivity index (χ0v) is 18.7. The van der Waals surface area contributed by atoms with E-state index in [0.717, 1.165) is 49.3 Å². The van der Waals surface area contributed by atoms with Crippen LogP contribution < -0.4 is 10.6 Å². The van der Waals surface area contributed by atoms with Crippen LogP contribution in [0.1, 0.15) is 30.9 Å². The minimum atomic E-state index is 0. The van der Waals surface area contributed by atoms with Gasteiger partial charge in [0.1, 0.15) is 0 Å². The Labute approximate surface area is 176 Å². The minimum absolute atomic E-state index is 0. The molecule has 1 aliphatic heterocycles. The van der Waals surface area contributed by atoms with Crippen molar-refractivity contribution in [3.8, 4) is 0 Å². The Kier molecular flexibility index (Phi) is 8.72. The van der Waals surface area contributed by atoms with E-state index in [1.807, 2.05) is 32.0 Å². The van der Waals surface area contributed by atoms with Gasteiger partial charge in [0.15, 0.2) is 6.54 Å². The van der Waals surface area contributed by atoms with Crippen molar-refractivity contribution in [1.29, 1.82) is 0 Å². The van der Waals surface area contributed by atoms with Crippen LogP contribution in [0.2, 0.25) is 0 Å². The molecule has 2 atom stereocenters. The van der Waals surface area contributed by atoms with Gasteiger partial charge in [-0.2, -0.15) is 0 Å². The molecule has 0 aliphatic carbocycles. The number of nitrogens with one attached hydrogen (secondary N) is 2. The second-order valence-corrected chi connectivity index (χ2v) is 6.99. The van der Waals surface area contributed by atoms with Gasteiger partial charge in [0.25, 0.3) is 5.91 Å². The van der Waals surface area contributed by atoms with Crippen molar-refractivity contribution in [2.75, 3.05) is 38.5 Å². The Balaban J connectivity index is 0.00000312. The van der Waals surface area contributed by atoms with Gasteiger partial charge < -0.3 is 15.1 Å². The fourth-order valence-electron chi connectivity index (χ4n) is 3.78. The molecule has 0 spiro atoms. The van der Waals surface area contributed by atoms with E-state index in [1.165, 1.54) is 0 Å².